The molecule has 10 heteroatoms. The number of nitrogens with zero attached hydrogens (tertiary/aromatic N) is 10. The first-order valence-electron chi connectivity index (χ1n) is 34.9. The van der Waals surface area contributed by atoms with E-state index in [4.69, 9.17) is 13.2 Å². The Kier molecular flexibility index (Phi) is 20.3. The van der Waals surface area contributed by atoms with E-state index >= 15 is 0 Å². The Hall–Kier alpha value is -10.1. The average molecular weight is 1250 g/mol. The van der Waals surface area contributed by atoms with Crippen molar-refractivity contribution in [3.63, 3.8) is 0 Å². The van der Waals surface area contributed by atoms with Crippen LogP contribution in [0.15, 0.2) is 189 Å². The molecule has 10 aromatic heterocycles. The van der Waals surface area contributed by atoms with Gasteiger partial charge in [-0.3, -0.25) is 24.9 Å². The average Bonchev–Trinajstić information content (AvgIpc) is 0.789. The van der Waals surface area contributed by atoms with Crippen LogP contribution in [0.4, 0.5) is 0 Å². The first-order chi connectivity index (χ1) is 47.2. The fourth-order valence-corrected chi connectivity index (χ4v) is 12.4. The fraction of sp³-hybridized carbons (Fsp3) is 0.262. The summed E-state index contributed by atoms with van der Waals surface area (Å²) in [5.41, 5.74) is 33.4. The van der Waals surface area contributed by atoms with Crippen LogP contribution in [0, 0.1) is 118 Å². The third kappa shape index (κ3) is 16.4. The molecule has 2 aromatic carbocycles. The SMILES string of the molecule is Cc1cc[n+](C)c(-c2c(C)ccnc2C)c1.Cc1ccccc1-c1ccc(-c2c(C)cc(-c3c(C)cccc3C)nc2C)[n+](C)c1.Cc1ccnc(C)c1-c1cccc[n+]1C.[2H]C([2H])([2H])c1c[n+](C)c(-c2c(C)ccnc2C)cc1C.[2H]C([2H])([2H])c1cc(C)c(-c2cccc[n+]2C)c(C)n1. The number of aromatic nitrogens is 10. The van der Waals surface area contributed by atoms with E-state index in [0.29, 0.717) is 5.56 Å². The third-order valence-corrected chi connectivity index (χ3v) is 17.3. The molecule has 10 heterocycles. The van der Waals surface area contributed by atoms with Gasteiger partial charge in [0.05, 0.1) is 62.0 Å². The molecule has 0 amide bonds. The van der Waals surface area contributed by atoms with Crippen LogP contribution in [0.5, 0.6) is 0 Å². The Labute approximate surface area is 569 Å². The van der Waals surface area contributed by atoms with E-state index < -0.39 is 13.7 Å². The van der Waals surface area contributed by atoms with Crippen molar-refractivity contribution in [1.29, 1.82) is 0 Å². The molecule has 0 radical (unpaired) electrons. The van der Waals surface area contributed by atoms with Gasteiger partial charge < -0.3 is 0 Å². The minimum absolute atomic E-state index is 0.157. The summed E-state index contributed by atoms with van der Waals surface area (Å²) in [5.74, 6) is 0. The zero-order chi connectivity index (χ0) is 73.2. The zero-order valence-electron chi connectivity index (χ0n) is 64.9. The van der Waals surface area contributed by atoms with E-state index in [2.05, 4.69) is 240 Å². The summed E-state index contributed by atoms with van der Waals surface area (Å²) in [4.78, 5) is 22.3. The molecule has 0 bridgehead atoms. The molecule has 0 fully saturated rings. The van der Waals surface area contributed by atoms with Crippen LogP contribution in [0.1, 0.15) is 104 Å². The van der Waals surface area contributed by atoms with Gasteiger partial charge in [0.15, 0.2) is 31.0 Å². The maximum atomic E-state index is 7.58. The van der Waals surface area contributed by atoms with Crippen LogP contribution in [-0.4, -0.2) is 24.9 Å². The lowest BCUT2D eigenvalue weighted by atomic mass is 9.95. The van der Waals surface area contributed by atoms with E-state index in [1.54, 1.807) is 18.5 Å². The fourth-order valence-electron chi connectivity index (χ4n) is 12.4. The van der Waals surface area contributed by atoms with Crippen LogP contribution in [0.2, 0.25) is 0 Å². The Morgan fingerprint density at radius 3 is 1.23 bits per heavy atom. The first-order valence-corrected chi connectivity index (χ1v) is 31.9. The Morgan fingerprint density at radius 2 is 0.745 bits per heavy atom. The standard InChI is InChI=1S/C28H29N2.C15H19N2.2C14H17N2.C13H15N2/c1-18-10-7-8-13-24(18)23-14-15-26(30(6)17-23)28-21(4)16-25(29-22(28)5)27-19(2)11-9-12-20(27)3;1-10-6-7-16-13(4)15(10)14-8-11(2)12(3)9-17(14)5;1-10-6-8-16(4)13(9-10)14-11(2)5-7-15-12(14)3;1-10-9-11(2)15-12(3)14(10)13-7-5-6-8-16(13)4;1-10-7-8-14-11(2)13(10)12-6-4-5-9-15(12)3/h7-17H,1-6H3;6-9H,1-5H3;2*5-9H,1-4H3;4-9H,1-3H3/q5*+1/i;3D3;;2D3;. The number of hydrogen-bond donors (Lipinski definition) is 0. The molecule has 0 saturated heterocycles. The number of pyridine rings is 10. The van der Waals surface area contributed by atoms with Gasteiger partial charge in [-0.15, -0.1) is 0 Å². The highest BCUT2D eigenvalue weighted by molar-refractivity contribution is 5.75. The van der Waals surface area contributed by atoms with Gasteiger partial charge in [0.1, 0.15) is 35.2 Å². The zero-order valence-corrected chi connectivity index (χ0v) is 58.9. The first kappa shape index (κ1) is 61.4. The monoisotopic (exact) mass is 1250 g/mol. The van der Waals surface area contributed by atoms with E-state index in [0.717, 1.165) is 73.4 Å². The van der Waals surface area contributed by atoms with Crippen molar-refractivity contribution < 1.29 is 31.1 Å². The number of aryl methyl sites for hydroxylation is 22. The molecule has 0 saturated carbocycles. The second kappa shape index (κ2) is 31.0. The van der Waals surface area contributed by atoms with Crippen molar-refractivity contribution in [2.24, 2.45) is 35.2 Å². The number of rotatable bonds is 7. The Morgan fingerprint density at radius 1 is 0.298 bits per heavy atom. The molecule has 0 N–H and O–H groups in total. The third-order valence-electron chi connectivity index (χ3n) is 17.3. The maximum absolute atomic E-state index is 7.58. The Balaban J connectivity index is 0.000000163. The van der Waals surface area contributed by atoms with Crippen molar-refractivity contribution in [3.05, 3.63) is 284 Å². The van der Waals surface area contributed by atoms with E-state index in [-0.39, 0.29) is 5.69 Å². The highest BCUT2D eigenvalue weighted by Crippen LogP contribution is 2.33. The van der Waals surface area contributed by atoms with E-state index in [1.165, 1.54) is 89.4 Å². The minimum atomic E-state index is -2.16. The summed E-state index contributed by atoms with van der Waals surface area (Å²) in [7, 11) is 10.1. The lowest BCUT2D eigenvalue weighted by Crippen LogP contribution is -2.32. The number of benzene rings is 2. The van der Waals surface area contributed by atoms with Crippen molar-refractivity contribution in [3.8, 4) is 78.7 Å². The summed E-state index contributed by atoms with van der Waals surface area (Å²) in [6.07, 6.45) is 15.5. The molecule has 0 aliphatic rings. The second-order valence-electron chi connectivity index (χ2n) is 24.8. The molecule has 12 rings (SSSR count). The molecule has 10 nitrogen and oxygen atoms in total. The molecule has 94 heavy (non-hydrogen) atoms. The van der Waals surface area contributed by atoms with Crippen LogP contribution in [0.25, 0.3) is 78.7 Å². The summed E-state index contributed by atoms with van der Waals surface area (Å²) < 4.78 is 55.4. The number of hydrogen-bond acceptors (Lipinski definition) is 5. The summed E-state index contributed by atoms with van der Waals surface area (Å²) in [6, 6.07) is 47.7. The van der Waals surface area contributed by atoms with Crippen molar-refractivity contribution >= 4 is 0 Å². The van der Waals surface area contributed by atoms with Crippen LogP contribution < -0.4 is 22.8 Å². The van der Waals surface area contributed by atoms with Gasteiger partial charge in [0, 0.05) is 97.7 Å². The van der Waals surface area contributed by atoms with Gasteiger partial charge in [-0.1, -0.05) is 42.5 Å². The molecule has 0 aliphatic heterocycles. The maximum Gasteiger partial charge on any atom is 0.214 e. The smallest absolute Gasteiger partial charge is 0.214 e. The van der Waals surface area contributed by atoms with E-state index in [9.17, 15) is 0 Å². The van der Waals surface area contributed by atoms with Crippen LogP contribution in [-0.2, 0) is 35.2 Å². The second-order valence-corrected chi connectivity index (χ2v) is 24.8. The molecule has 12 aromatic rings. The van der Waals surface area contributed by atoms with Crippen molar-refractivity contribution in [2.45, 2.75) is 118 Å². The van der Waals surface area contributed by atoms with Crippen LogP contribution in [0.3, 0.4) is 0 Å². The van der Waals surface area contributed by atoms with Gasteiger partial charge in [-0.05, 0) is 227 Å². The van der Waals surface area contributed by atoms with Crippen molar-refractivity contribution in [1.82, 2.24) is 24.9 Å². The quantitative estimate of drug-likeness (QED) is 0.148. The topological polar surface area (TPSA) is 83.9 Å². The molecule has 0 aliphatic carbocycles. The van der Waals surface area contributed by atoms with Gasteiger partial charge in [0.2, 0.25) is 28.5 Å². The highest BCUT2D eigenvalue weighted by Gasteiger charge is 2.22. The minimum Gasteiger partial charge on any atom is -0.261 e. The van der Waals surface area contributed by atoms with Gasteiger partial charge in [-0.25, -0.2) is 22.8 Å². The van der Waals surface area contributed by atoms with E-state index in [1.807, 2.05) is 113 Å². The normalized spacial score (nSPS) is 11.9. The molecular weight excluding hydrogens is 1150 g/mol. The largest absolute Gasteiger partial charge is 0.261 e. The van der Waals surface area contributed by atoms with Gasteiger partial charge in [0.25, 0.3) is 0 Å². The molecule has 0 atom stereocenters. The van der Waals surface area contributed by atoms with Gasteiger partial charge >= 0.3 is 0 Å². The summed E-state index contributed by atoms with van der Waals surface area (Å²) in [6.45, 7) is 26.6. The summed E-state index contributed by atoms with van der Waals surface area (Å²) >= 11 is 0. The van der Waals surface area contributed by atoms with Crippen LogP contribution >= 0.6 is 0 Å². The molecule has 0 unspecified atom stereocenters. The lowest BCUT2D eigenvalue weighted by molar-refractivity contribution is -0.660. The Bertz CT molecular complexity index is 4830. The summed E-state index contributed by atoms with van der Waals surface area (Å²) in [5, 5.41) is 0. The highest BCUT2D eigenvalue weighted by atomic mass is 14.9. The van der Waals surface area contributed by atoms with Crippen molar-refractivity contribution in [2.75, 3.05) is 0 Å². The lowest BCUT2D eigenvalue weighted by Gasteiger charge is -2.14. The van der Waals surface area contributed by atoms with Gasteiger partial charge in [-0.2, -0.15) is 0 Å². The predicted molar refractivity (Wildman–Crippen MR) is 386 cm³/mol. The molecular formula is C84H97N10+5. The molecule has 0 spiro atoms. The predicted octanol–water partition coefficient (Wildman–Crippen LogP) is 16.4. The molecule has 478 valence electrons.